The van der Waals surface area contributed by atoms with Gasteiger partial charge in [0, 0.05) is 18.1 Å². The van der Waals surface area contributed by atoms with Crippen LogP contribution < -0.4 is 10.5 Å². The number of hydrogen-bond acceptors (Lipinski definition) is 5. The quantitative estimate of drug-likeness (QED) is 0.648. The molecular weight excluding hydrogens is 246 g/mol. The number of benzene rings is 1. The zero-order valence-corrected chi connectivity index (χ0v) is 11.2. The van der Waals surface area contributed by atoms with Crippen molar-refractivity contribution < 1.29 is 9.66 Å². The van der Waals surface area contributed by atoms with Crippen LogP contribution in [0.1, 0.15) is 25.8 Å². The molecule has 1 aromatic carbocycles. The zero-order valence-electron chi connectivity index (χ0n) is 11.2. The second-order valence-corrected chi connectivity index (χ2v) is 4.87. The summed E-state index contributed by atoms with van der Waals surface area (Å²) >= 11 is 0. The van der Waals surface area contributed by atoms with E-state index >= 15 is 0 Å². The lowest BCUT2D eigenvalue weighted by Crippen LogP contribution is -2.38. The van der Waals surface area contributed by atoms with Crippen LogP contribution in [0.5, 0.6) is 5.75 Å². The summed E-state index contributed by atoms with van der Waals surface area (Å²) in [6.07, 6.45) is 0.120. The zero-order chi connectivity index (χ0) is 14.6. The first-order valence-corrected chi connectivity index (χ1v) is 5.87. The second kappa shape index (κ2) is 5.67. The largest absolute Gasteiger partial charge is 0.491 e. The first kappa shape index (κ1) is 14.9. The molecule has 0 aliphatic rings. The number of rotatable bonds is 5. The van der Waals surface area contributed by atoms with Crippen LogP contribution >= 0.6 is 0 Å². The van der Waals surface area contributed by atoms with Gasteiger partial charge in [-0.25, -0.2) is 0 Å². The predicted molar refractivity (Wildman–Crippen MR) is 70.7 cm³/mol. The summed E-state index contributed by atoms with van der Waals surface area (Å²) in [5.74, 6) is 0.532. The predicted octanol–water partition coefficient (Wildman–Crippen LogP) is 2.30. The Balaban J connectivity index is 2.76. The molecule has 1 rings (SSSR count). The van der Waals surface area contributed by atoms with Gasteiger partial charge in [-0.2, -0.15) is 5.26 Å². The highest BCUT2D eigenvalue weighted by Gasteiger charge is 2.22. The first-order valence-electron chi connectivity index (χ1n) is 5.87. The molecule has 6 heteroatoms. The SMILES string of the molecule is Cc1cc(OC(C)CC(C)(N)C#N)ccc1[N+](=O)[O-]. The van der Waals surface area contributed by atoms with E-state index in [0.29, 0.717) is 17.7 Å². The number of nitrogens with two attached hydrogens (primary N) is 1. The van der Waals surface area contributed by atoms with Crippen molar-refractivity contribution in [2.75, 3.05) is 0 Å². The van der Waals surface area contributed by atoms with E-state index in [1.807, 2.05) is 6.07 Å². The molecule has 0 radical (unpaired) electrons. The van der Waals surface area contributed by atoms with Crippen molar-refractivity contribution in [3.05, 3.63) is 33.9 Å². The lowest BCUT2D eigenvalue weighted by Gasteiger charge is -2.21. The van der Waals surface area contributed by atoms with Gasteiger partial charge in [0.25, 0.3) is 5.69 Å². The molecule has 0 spiro atoms. The van der Waals surface area contributed by atoms with Gasteiger partial charge in [0.15, 0.2) is 0 Å². The average molecular weight is 263 g/mol. The lowest BCUT2D eigenvalue weighted by atomic mass is 9.98. The van der Waals surface area contributed by atoms with Crippen molar-refractivity contribution in [2.45, 2.75) is 38.8 Å². The van der Waals surface area contributed by atoms with Crippen molar-refractivity contribution >= 4 is 5.69 Å². The monoisotopic (exact) mass is 263 g/mol. The molecule has 102 valence electrons. The minimum absolute atomic E-state index is 0.0562. The van der Waals surface area contributed by atoms with Crippen LogP contribution in [0.25, 0.3) is 0 Å². The Morgan fingerprint density at radius 1 is 1.63 bits per heavy atom. The maximum Gasteiger partial charge on any atom is 0.272 e. The summed E-state index contributed by atoms with van der Waals surface area (Å²) < 4.78 is 5.61. The smallest absolute Gasteiger partial charge is 0.272 e. The van der Waals surface area contributed by atoms with Crippen LogP contribution in [-0.4, -0.2) is 16.6 Å². The molecule has 2 unspecified atom stereocenters. The van der Waals surface area contributed by atoms with Crippen molar-refractivity contribution in [2.24, 2.45) is 5.73 Å². The Labute approximate surface area is 111 Å². The summed E-state index contributed by atoms with van der Waals surface area (Å²) in [6.45, 7) is 5.09. The van der Waals surface area contributed by atoms with Crippen LogP contribution in [0.4, 0.5) is 5.69 Å². The van der Waals surface area contributed by atoms with Crippen LogP contribution in [0, 0.1) is 28.4 Å². The van der Waals surface area contributed by atoms with E-state index in [4.69, 9.17) is 15.7 Å². The molecule has 0 saturated heterocycles. The molecule has 6 nitrogen and oxygen atoms in total. The van der Waals surface area contributed by atoms with Crippen LogP contribution in [-0.2, 0) is 0 Å². The standard InChI is InChI=1S/C13H17N3O3/c1-9-6-11(4-5-12(9)16(17)18)19-10(2)7-13(3,15)8-14/h4-6,10H,7,15H2,1-3H3. The van der Waals surface area contributed by atoms with Gasteiger partial charge in [-0.3, -0.25) is 10.1 Å². The number of nitriles is 1. The maximum absolute atomic E-state index is 10.7. The normalized spacial score (nSPS) is 15.1. The molecule has 0 heterocycles. The minimum Gasteiger partial charge on any atom is -0.491 e. The Hall–Kier alpha value is -2.13. The van der Waals surface area contributed by atoms with Gasteiger partial charge in [-0.15, -0.1) is 0 Å². The molecule has 2 N–H and O–H groups in total. The van der Waals surface area contributed by atoms with Crippen LogP contribution in [0.3, 0.4) is 0 Å². The second-order valence-electron chi connectivity index (χ2n) is 4.87. The molecule has 0 fully saturated rings. The molecule has 1 aromatic rings. The fraction of sp³-hybridized carbons (Fsp3) is 0.462. The van der Waals surface area contributed by atoms with Gasteiger partial charge in [0.2, 0.25) is 0 Å². The van der Waals surface area contributed by atoms with Crippen LogP contribution in [0.2, 0.25) is 0 Å². The van der Waals surface area contributed by atoms with Crippen LogP contribution in [0.15, 0.2) is 18.2 Å². The molecule has 0 aromatic heterocycles. The average Bonchev–Trinajstić information content (AvgIpc) is 2.27. The van der Waals surface area contributed by atoms with E-state index in [1.165, 1.54) is 6.07 Å². The molecule has 0 amide bonds. The van der Waals surface area contributed by atoms with E-state index in [9.17, 15) is 10.1 Å². The number of aryl methyl sites for hydroxylation is 1. The molecule has 0 saturated carbocycles. The highest BCUT2D eigenvalue weighted by atomic mass is 16.6. The van der Waals surface area contributed by atoms with Gasteiger partial charge >= 0.3 is 0 Å². The fourth-order valence-electron chi connectivity index (χ4n) is 1.82. The minimum atomic E-state index is -0.949. The number of hydrogen-bond donors (Lipinski definition) is 1. The topological polar surface area (TPSA) is 102 Å². The third kappa shape index (κ3) is 4.23. The Kier molecular flexibility index (Phi) is 4.46. The first-order chi connectivity index (χ1) is 8.75. The molecule has 0 bridgehead atoms. The van der Waals surface area contributed by atoms with Crippen molar-refractivity contribution in [1.82, 2.24) is 0 Å². The van der Waals surface area contributed by atoms with Crippen molar-refractivity contribution in [1.29, 1.82) is 5.26 Å². The number of ether oxygens (including phenoxy) is 1. The highest BCUT2D eigenvalue weighted by molar-refractivity contribution is 5.44. The van der Waals surface area contributed by atoms with Gasteiger partial charge in [0.1, 0.15) is 11.3 Å². The van der Waals surface area contributed by atoms with E-state index in [1.54, 1.807) is 32.9 Å². The van der Waals surface area contributed by atoms with Crippen molar-refractivity contribution in [3.63, 3.8) is 0 Å². The summed E-state index contributed by atoms with van der Waals surface area (Å²) in [7, 11) is 0. The molecule has 0 aliphatic heterocycles. The van der Waals surface area contributed by atoms with E-state index in [0.717, 1.165) is 0 Å². The number of nitrogens with zero attached hydrogens (tertiary/aromatic N) is 2. The summed E-state index contributed by atoms with van der Waals surface area (Å²) in [5, 5.41) is 19.5. The molecule has 0 aliphatic carbocycles. The summed E-state index contributed by atoms with van der Waals surface area (Å²) in [5.41, 5.74) is 5.37. The fourth-order valence-corrected chi connectivity index (χ4v) is 1.82. The van der Waals surface area contributed by atoms with E-state index < -0.39 is 10.5 Å². The Morgan fingerprint density at radius 3 is 2.74 bits per heavy atom. The third-order valence-electron chi connectivity index (χ3n) is 2.67. The number of nitro benzene ring substituents is 1. The molecule has 2 atom stereocenters. The number of nitro groups is 1. The third-order valence-corrected chi connectivity index (χ3v) is 2.67. The molecular formula is C13H17N3O3. The van der Waals surface area contributed by atoms with Gasteiger partial charge < -0.3 is 10.5 Å². The van der Waals surface area contributed by atoms with E-state index in [-0.39, 0.29) is 11.8 Å². The molecule has 19 heavy (non-hydrogen) atoms. The van der Waals surface area contributed by atoms with Gasteiger partial charge in [-0.05, 0) is 32.9 Å². The lowest BCUT2D eigenvalue weighted by molar-refractivity contribution is -0.385. The Morgan fingerprint density at radius 2 is 2.26 bits per heavy atom. The van der Waals surface area contributed by atoms with Gasteiger partial charge in [0.05, 0.1) is 17.1 Å². The van der Waals surface area contributed by atoms with E-state index in [2.05, 4.69) is 0 Å². The maximum atomic E-state index is 10.7. The van der Waals surface area contributed by atoms with Crippen molar-refractivity contribution in [3.8, 4) is 11.8 Å². The Bertz CT molecular complexity index is 520. The highest BCUT2D eigenvalue weighted by Crippen LogP contribution is 2.24. The summed E-state index contributed by atoms with van der Waals surface area (Å²) in [6, 6.07) is 6.56. The van der Waals surface area contributed by atoms with Gasteiger partial charge in [-0.1, -0.05) is 0 Å². The summed E-state index contributed by atoms with van der Waals surface area (Å²) in [4.78, 5) is 10.3.